The van der Waals surface area contributed by atoms with Crippen molar-refractivity contribution >= 4 is 23.2 Å². The number of hydrogen-bond donors (Lipinski definition) is 1. The molecule has 3 nitrogen and oxygen atoms in total. The molecule has 0 aliphatic heterocycles. The summed E-state index contributed by atoms with van der Waals surface area (Å²) < 4.78 is 0. The third-order valence-corrected chi connectivity index (χ3v) is 3.80. The lowest BCUT2D eigenvalue weighted by atomic mass is 10.0. The maximum Gasteiger partial charge on any atom is 0.254 e. The molecule has 0 aromatic heterocycles. The lowest BCUT2D eigenvalue weighted by Crippen LogP contribution is -2.29. The predicted molar refractivity (Wildman–Crippen MR) is 87.6 cm³/mol. The van der Waals surface area contributed by atoms with Gasteiger partial charge in [-0.15, -0.1) is 0 Å². The van der Waals surface area contributed by atoms with Crippen LogP contribution in [0.2, 0.25) is 5.02 Å². The van der Waals surface area contributed by atoms with E-state index in [-0.39, 0.29) is 11.9 Å². The van der Waals surface area contributed by atoms with Gasteiger partial charge in [-0.2, -0.15) is 0 Å². The minimum Gasteiger partial charge on any atom is -0.399 e. The zero-order valence-electron chi connectivity index (χ0n) is 12.4. The molecular formula is C17H19ClN2O. The Kier molecular flexibility index (Phi) is 4.53. The summed E-state index contributed by atoms with van der Waals surface area (Å²) in [4.78, 5) is 14.3. The van der Waals surface area contributed by atoms with E-state index in [1.54, 1.807) is 18.0 Å². The van der Waals surface area contributed by atoms with Gasteiger partial charge in [-0.25, -0.2) is 0 Å². The van der Waals surface area contributed by atoms with E-state index in [9.17, 15) is 4.79 Å². The molecule has 0 aliphatic rings. The summed E-state index contributed by atoms with van der Waals surface area (Å²) in [5.41, 5.74) is 9.06. The fourth-order valence-corrected chi connectivity index (χ4v) is 2.57. The molecule has 0 spiro atoms. The maximum absolute atomic E-state index is 12.6. The highest BCUT2D eigenvalue weighted by Crippen LogP contribution is 2.23. The summed E-state index contributed by atoms with van der Waals surface area (Å²) in [5, 5.41) is 0.573. The normalized spacial score (nSPS) is 12.0. The molecule has 21 heavy (non-hydrogen) atoms. The van der Waals surface area contributed by atoms with Gasteiger partial charge < -0.3 is 10.6 Å². The zero-order valence-corrected chi connectivity index (χ0v) is 13.2. The number of aryl methyl sites for hydroxylation is 1. The van der Waals surface area contributed by atoms with Gasteiger partial charge in [-0.3, -0.25) is 4.79 Å². The SMILES string of the molecule is Cc1cc(Cl)cc(C(=O)N(C)C(C)c2cccc(N)c2)c1. The molecule has 0 saturated heterocycles. The van der Waals surface area contributed by atoms with Crippen molar-refractivity contribution in [1.29, 1.82) is 0 Å². The number of nitrogens with two attached hydrogens (primary N) is 1. The van der Waals surface area contributed by atoms with E-state index in [0.717, 1.165) is 11.1 Å². The molecule has 0 fully saturated rings. The van der Waals surface area contributed by atoms with Gasteiger partial charge in [0.15, 0.2) is 0 Å². The van der Waals surface area contributed by atoms with E-state index in [4.69, 9.17) is 17.3 Å². The fraction of sp³-hybridized carbons (Fsp3) is 0.235. The Labute approximate surface area is 130 Å². The van der Waals surface area contributed by atoms with Crippen molar-refractivity contribution in [3.8, 4) is 0 Å². The molecule has 2 rings (SSSR count). The van der Waals surface area contributed by atoms with Gasteiger partial charge in [-0.1, -0.05) is 23.7 Å². The predicted octanol–water partition coefficient (Wildman–Crippen LogP) is 4.06. The second-order valence-electron chi connectivity index (χ2n) is 5.28. The largest absolute Gasteiger partial charge is 0.399 e. The molecule has 2 N–H and O–H groups in total. The number of nitrogen functional groups attached to an aromatic ring is 1. The average molecular weight is 303 g/mol. The first-order valence-corrected chi connectivity index (χ1v) is 7.16. The fourth-order valence-electron chi connectivity index (χ4n) is 2.28. The molecule has 110 valence electrons. The van der Waals surface area contributed by atoms with Gasteiger partial charge in [0.25, 0.3) is 5.91 Å². The summed E-state index contributed by atoms with van der Waals surface area (Å²) in [7, 11) is 1.78. The molecule has 2 aromatic carbocycles. The van der Waals surface area contributed by atoms with Crippen molar-refractivity contribution < 1.29 is 4.79 Å². The number of benzene rings is 2. The number of hydrogen-bond acceptors (Lipinski definition) is 2. The van der Waals surface area contributed by atoms with Crippen molar-refractivity contribution in [1.82, 2.24) is 4.90 Å². The lowest BCUT2D eigenvalue weighted by Gasteiger charge is -2.26. The van der Waals surface area contributed by atoms with Gasteiger partial charge in [0.1, 0.15) is 0 Å². The molecule has 0 aliphatic carbocycles. The smallest absolute Gasteiger partial charge is 0.254 e. The Morgan fingerprint density at radius 1 is 1.24 bits per heavy atom. The molecule has 1 amide bonds. The van der Waals surface area contributed by atoms with Crippen molar-refractivity contribution in [2.24, 2.45) is 0 Å². The highest BCUT2D eigenvalue weighted by molar-refractivity contribution is 6.31. The number of carbonyl (C=O) groups excluding carboxylic acids is 1. The van der Waals surface area contributed by atoms with E-state index in [2.05, 4.69) is 0 Å². The standard InChI is InChI=1S/C17H19ClN2O/c1-11-7-14(9-15(18)8-11)17(21)20(3)12(2)13-5-4-6-16(19)10-13/h4-10,12H,19H2,1-3H3. The monoisotopic (exact) mass is 302 g/mol. The quantitative estimate of drug-likeness (QED) is 0.869. The molecule has 0 heterocycles. The number of halogens is 1. The molecule has 1 atom stereocenters. The summed E-state index contributed by atoms with van der Waals surface area (Å²) >= 11 is 6.03. The summed E-state index contributed by atoms with van der Waals surface area (Å²) in [5.74, 6) is -0.0597. The number of amides is 1. The molecular weight excluding hydrogens is 284 g/mol. The van der Waals surface area contributed by atoms with Crippen LogP contribution in [-0.4, -0.2) is 17.9 Å². The molecule has 0 radical (unpaired) electrons. The van der Waals surface area contributed by atoms with Gasteiger partial charge in [-0.05, 0) is 55.3 Å². The second kappa shape index (κ2) is 6.19. The van der Waals surface area contributed by atoms with Crippen LogP contribution in [0.5, 0.6) is 0 Å². The van der Waals surface area contributed by atoms with Crippen LogP contribution >= 0.6 is 11.6 Å². The maximum atomic E-state index is 12.6. The van der Waals surface area contributed by atoms with Gasteiger partial charge in [0.05, 0.1) is 6.04 Å². The van der Waals surface area contributed by atoms with Gasteiger partial charge in [0.2, 0.25) is 0 Å². The molecule has 0 saturated carbocycles. The van der Waals surface area contributed by atoms with E-state index in [1.165, 1.54) is 0 Å². The van der Waals surface area contributed by atoms with Crippen LogP contribution in [0.4, 0.5) is 5.69 Å². The Bertz CT molecular complexity index is 649. The van der Waals surface area contributed by atoms with Crippen molar-refractivity contribution in [2.75, 3.05) is 12.8 Å². The first kappa shape index (κ1) is 15.4. The Morgan fingerprint density at radius 2 is 1.95 bits per heavy atom. The second-order valence-corrected chi connectivity index (χ2v) is 5.72. The number of nitrogens with zero attached hydrogens (tertiary/aromatic N) is 1. The zero-order chi connectivity index (χ0) is 15.6. The molecule has 4 heteroatoms. The lowest BCUT2D eigenvalue weighted by molar-refractivity contribution is 0.0742. The van der Waals surface area contributed by atoms with E-state index >= 15 is 0 Å². The van der Waals surface area contributed by atoms with E-state index in [0.29, 0.717) is 16.3 Å². The minimum atomic E-state index is -0.0692. The average Bonchev–Trinajstić information content (AvgIpc) is 2.44. The minimum absolute atomic E-state index is 0.0597. The first-order valence-electron chi connectivity index (χ1n) is 6.78. The summed E-state index contributed by atoms with van der Waals surface area (Å²) in [6.45, 7) is 3.90. The van der Waals surface area contributed by atoms with Crippen LogP contribution < -0.4 is 5.73 Å². The Balaban J connectivity index is 2.26. The molecule has 0 bridgehead atoms. The molecule has 1 unspecified atom stereocenters. The Morgan fingerprint density at radius 3 is 2.57 bits per heavy atom. The van der Waals surface area contributed by atoms with Crippen molar-refractivity contribution in [2.45, 2.75) is 19.9 Å². The first-order chi connectivity index (χ1) is 9.88. The third kappa shape index (κ3) is 3.56. The van der Waals surface area contributed by atoms with E-state index < -0.39 is 0 Å². The van der Waals surface area contributed by atoms with Crippen LogP contribution in [-0.2, 0) is 0 Å². The topological polar surface area (TPSA) is 46.3 Å². The number of carbonyl (C=O) groups is 1. The summed E-state index contributed by atoms with van der Waals surface area (Å²) in [6, 6.07) is 12.9. The number of anilines is 1. The Hall–Kier alpha value is -2.00. The summed E-state index contributed by atoms with van der Waals surface area (Å²) in [6.07, 6.45) is 0. The number of rotatable bonds is 3. The van der Waals surface area contributed by atoms with Crippen LogP contribution in [0.3, 0.4) is 0 Å². The van der Waals surface area contributed by atoms with Gasteiger partial charge >= 0.3 is 0 Å². The highest BCUT2D eigenvalue weighted by atomic mass is 35.5. The van der Waals surface area contributed by atoms with Crippen LogP contribution in [0.1, 0.15) is 34.5 Å². The van der Waals surface area contributed by atoms with Crippen LogP contribution in [0.15, 0.2) is 42.5 Å². The van der Waals surface area contributed by atoms with Crippen molar-refractivity contribution in [3.63, 3.8) is 0 Å². The van der Waals surface area contributed by atoms with Crippen LogP contribution in [0.25, 0.3) is 0 Å². The van der Waals surface area contributed by atoms with E-state index in [1.807, 2.05) is 50.2 Å². The highest BCUT2D eigenvalue weighted by Gasteiger charge is 2.19. The van der Waals surface area contributed by atoms with Crippen LogP contribution in [0, 0.1) is 6.92 Å². The third-order valence-electron chi connectivity index (χ3n) is 3.58. The van der Waals surface area contributed by atoms with Crippen molar-refractivity contribution in [3.05, 3.63) is 64.2 Å². The molecule has 2 aromatic rings. The van der Waals surface area contributed by atoms with Gasteiger partial charge in [0, 0.05) is 23.3 Å².